The van der Waals surface area contributed by atoms with Crippen LogP contribution in [0.15, 0.2) is 16.6 Å². The first-order valence-electron chi connectivity index (χ1n) is 3.91. The van der Waals surface area contributed by atoms with Crippen LogP contribution in [0.1, 0.15) is 0 Å². The van der Waals surface area contributed by atoms with E-state index in [-0.39, 0.29) is 5.95 Å². The molecule has 0 aliphatic rings. The number of aromatic amines is 1. The summed E-state index contributed by atoms with van der Waals surface area (Å²) in [5, 5.41) is 11.1. The van der Waals surface area contributed by atoms with Crippen molar-refractivity contribution in [2.75, 3.05) is 5.32 Å². The van der Waals surface area contributed by atoms with Crippen LogP contribution in [-0.4, -0.2) is 21.2 Å². The molecule has 0 atom stereocenters. The second kappa shape index (κ2) is 3.71. The highest BCUT2D eigenvalue weighted by Gasteiger charge is 2.09. The average molecular weight is 291 g/mol. The molecule has 1 amide bonds. The molecule has 0 bridgehead atoms. The molecule has 3 N–H and O–H groups in total. The lowest BCUT2D eigenvalue weighted by molar-refractivity contribution is 0.209. The van der Waals surface area contributed by atoms with E-state index in [0.29, 0.717) is 20.5 Å². The number of fused-ring (bicyclic) bond motifs is 1. The fraction of sp³-hybridized carbons (Fsp3) is 0. The zero-order valence-electron chi connectivity index (χ0n) is 7.21. The van der Waals surface area contributed by atoms with Crippen molar-refractivity contribution in [3.63, 3.8) is 0 Å². The molecule has 1 heterocycles. The number of amides is 1. The fourth-order valence-corrected chi connectivity index (χ4v) is 1.70. The van der Waals surface area contributed by atoms with E-state index in [0.717, 1.165) is 0 Å². The van der Waals surface area contributed by atoms with Gasteiger partial charge >= 0.3 is 6.09 Å². The number of carbonyl (C=O) groups is 1. The maximum Gasteiger partial charge on any atom is 0.411 e. The van der Waals surface area contributed by atoms with Gasteiger partial charge in [0.1, 0.15) is 5.52 Å². The second-order valence-corrected chi connectivity index (χ2v) is 4.01. The Balaban J connectivity index is 2.56. The summed E-state index contributed by atoms with van der Waals surface area (Å²) in [6, 6.07) is 3.51. The molecule has 78 valence electrons. The van der Waals surface area contributed by atoms with Crippen LogP contribution in [0.25, 0.3) is 11.0 Å². The molecule has 0 fully saturated rings. The number of carboxylic acid groups (broad SMARTS) is 1. The van der Waals surface area contributed by atoms with Gasteiger partial charge in [0.25, 0.3) is 0 Å². The lowest BCUT2D eigenvalue weighted by atomic mass is 10.3. The standard InChI is InChI=1S/C8H5BrClN3O2/c9-3-1-2-4-6(5(3)10)12-7(11-4)13-8(14)15/h1-2H,(H,14,15)(H2,11,12,13). The first-order valence-corrected chi connectivity index (χ1v) is 5.08. The Morgan fingerprint density at radius 2 is 2.33 bits per heavy atom. The number of nitrogens with one attached hydrogen (secondary N) is 2. The summed E-state index contributed by atoms with van der Waals surface area (Å²) < 4.78 is 0.713. The molecule has 0 spiro atoms. The number of nitrogens with zero attached hydrogens (tertiary/aromatic N) is 1. The van der Waals surface area contributed by atoms with Crippen molar-refractivity contribution in [3.05, 3.63) is 21.6 Å². The van der Waals surface area contributed by atoms with E-state index in [1.807, 2.05) is 0 Å². The second-order valence-electron chi connectivity index (χ2n) is 2.77. The zero-order valence-corrected chi connectivity index (χ0v) is 9.56. The Hall–Kier alpha value is -1.27. The molecule has 7 heteroatoms. The summed E-state index contributed by atoms with van der Waals surface area (Å²) in [7, 11) is 0. The number of rotatable bonds is 1. The molecule has 0 radical (unpaired) electrons. The number of halogens is 2. The Kier molecular flexibility index (Phi) is 2.54. The maximum absolute atomic E-state index is 10.4. The van der Waals surface area contributed by atoms with Crippen LogP contribution in [0.4, 0.5) is 10.7 Å². The topological polar surface area (TPSA) is 78.0 Å². The van der Waals surface area contributed by atoms with Crippen LogP contribution >= 0.6 is 27.5 Å². The smallest absolute Gasteiger partial charge is 0.411 e. The van der Waals surface area contributed by atoms with Gasteiger partial charge in [-0.25, -0.2) is 9.78 Å². The molecular formula is C8H5BrClN3O2. The minimum atomic E-state index is -1.18. The van der Waals surface area contributed by atoms with Crippen LogP contribution in [0, 0.1) is 0 Å². The Morgan fingerprint density at radius 3 is 3.00 bits per heavy atom. The van der Waals surface area contributed by atoms with Gasteiger partial charge in [-0.3, -0.25) is 5.32 Å². The first kappa shape index (κ1) is 10.3. The van der Waals surface area contributed by atoms with Crippen molar-refractivity contribution in [2.45, 2.75) is 0 Å². The maximum atomic E-state index is 10.4. The van der Waals surface area contributed by atoms with Crippen molar-refractivity contribution < 1.29 is 9.90 Å². The third-order valence-corrected chi connectivity index (χ3v) is 3.04. The molecule has 2 rings (SSSR count). The van der Waals surface area contributed by atoms with E-state index < -0.39 is 6.09 Å². The van der Waals surface area contributed by atoms with Gasteiger partial charge in [0.05, 0.1) is 10.5 Å². The molecule has 0 unspecified atom stereocenters. The number of hydrogen-bond acceptors (Lipinski definition) is 2. The largest absolute Gasteiger partial charge is 0.465 e. The predicted octanol–water partition coefficient (Wildman–Crippen LogP) is 3.07. The van der Waals surface area contributed by atoms with Crippen molar-refractivity contribution in [1.29, 1.82) is 0 Å². The molecule has 15 heavy (non-hydrogen) atoms. The Morgan fingerprint density at radius 1 is 1.60 bits per heavy atom. The summed E-state index contributed by atoms with van der Waals surface area (Å²) in [5.41, 5.74) is 1.20. The molecule has 0 aliphatic heterocycles. The number of benzene rings is 1. The molecule has 0 aliphatic carbocycles. The number of imidazole rings is 1. The SMILES string of the molecule is O=C(O)Nc1nc2c(Cl)c(Br)ccc2[nH]1. The average Bonchev–Trinajstić information content (AvgIpc) is 2.54. The first-order chi connectivity index (χ1) is 7.08. The highest BCUT2D eigenvalue weighted by molar-refractivity contribution is 9.10. The molecule has 2 aromatic rings. The van der Waals surface area contributed by atoms with Gasteiger partial charge < -0.3 is 10.1 Å². The van der Waals surface area contributed by atoms with Crippen molar-refractivity contribution in [3.8, 4) is 0 Å². The minimum absolute atomic E-state index is 0.150. The van der Waals surface area contributed by atoms with Gasteiger partial charge in [-0.2, -0.15) is 0 Å². The molecule has 5 nitrogen and oxygen atoms in total. The van der Waals surface area contributed by atoms with Gasteiger partial charge in [-0.15, -0.1) is 0 Å². The quantitative estimate of drug-likeness (QED) is 0.755. The van der Waals surface area contributed by atoms with E-state index >= 15 is 0 Å². The normalized spacial score (nSPS) is 10.5. The number of anilines is 1. The van der Waals surface area contributed by atoms with Crippen LogP contribution in [0.2, 0.25) is 5.02 Å². The zero-order chi connectivity index (χ0) is 11.0. The summed E-state index contributed by atoms with van der Waals surface area (Å²) in [5.74, 6) is 0.150. The number of H-pyrrole nitrogens is 1. The van der Waals surface area contributed by atoms with Crippen molar-refractivity contribution in [1.82, 2.24) is 9.97 Å². The van der Waals surface area contributed by atoms with E-state index in [2.05, 4.69) is 31.2 Å². The molecule has 0 saturated carbocycles. The summed E-state index contributed by atoms with van der Waals surface area (Å²) in [4.78, 5) is 17.2. The molecule has 1 aromatic carbocycles. The van der Waals surface area contributed by atoms with E-state index in [4.69, 9.17) is 16.7 Å². The van der Waals surface area contributed by atoms with Crippen LogP contribution in [-0.2, 0) is 0 Å². The Labute approximate surface area is 97.6 Å². The summed E-state index contributed by atoms with van der Waals surface area (Å²) in [6.45, 7) is 0. The molecule has 1 aromatic heterocycles. The van der Waals surface area contributed by atoms with Gasteiger partial charge in [-0.1, -0.05) is 11.6 Å². The lowest BCUT2D eigenvalue weighted by Gasteiger charge is -1.94. The lowest BCUT2D eigenvalue weighted by Crippen LogP contribution is -2.08. The third-order valence-electron chi connectivity index (χ3n) is 1.77. The van der Waals surface area contributed by atoms with Crippen molar-refractivity contribution >= 4 is 50.6 Å². The van der Waals surface area contributed by atoms with Crippen LogP contribution in [0.5, 0.6) is 0 Å². The number of aromatic nitrogens is 2. The fourth-order valence-electron chi connectivity index (χ4n) is 1.18. The third kappa shape index (κ3) is 1.91. The van der Waals surface area contributed by atoms with Crippen LogP contribution < -0.4 is 5.32 Å². The number of hydrogen-bond donors (Lipinski definition) is 3. The molecular weight excluding hydrogens is 285 g/mol. The van der Waals surface area contributed by atoms with Gasteiger partial charge in [0.15, 0.2) is 0 Å². The highest BCUT2D eigenvalue weighted by atomic mass is 79.9. The van der Waals surface area contributed by atoms with Gasteiger partial charge in [0.2, 0.25) is 5.95 Å². The monoisotopic (exact) mass is 289 g/mol. The van der Waals surface area contributed by atoms with Gasteiger partial charge in [0, 0.05) is 4.47 Å². The van der Waals surface area contributed by atoms with Crippen LogP contribution in [0.3, 0.4) is 0 Å². The predicted molar refractivity (Wildman–Crippen MR) is 60.5 cm³/mol. The van der Waals surface area contributed by atoms with Gasteiger partial charge in [-0.05, 0) is 28.1 Å². The van der Waals surface area contributed by atoms with E-state index in [1.54, 1.807) is 12.1 Å². The highest BCUT2D eigenvalue weighted by Crippen LogP contribution is 2.30. The van der Waals surface area contributed by atoms with Crippen molar-refractivity contribution in [2.24, 2.45) is 0 Å². The van der Waals surface area contributed by atoms with E-state index in [9.17, 15) is 4.79 Å². The summed E-state index contributed by atoms with van der Waals surface area (Å²) >= 11 is 9.23. The van der Waals surface area contributed by atoms with E-state index in [1.165, 1.54) is 0 Å². The molecule has 0 saturated heterocycles. The minimum Gasteiger partial charge on any atom is -0.465 e. The summed E-state index contributed by atoms with van der Waals surface area (Å²) in [6.07, 6.45) is -1.18. The Bertz CT molecular complexity index is 540.